The van der Waals surface area contributed by atoms with Crippen molar-refractivity contribution in [3.05, 3.63) is 35.5 Å². The van der Waals surface area contributed by atoms with Gasteiger partial charge in [-0.25, -0.2) is 0 Å². The molecular formula is C18H21N3O4. The van der Waals surface area contributed by atoms with Gasteiger partial charge in [-0.05, 0) is 30.9 Å². The van der Waals surface area contributed by atoms with Crippen LogP contribution in [0.1, 0.15) is 36.2 Å². The molecule has 0 spiro atoms. The molecular weight excluding hydrogens is 322 g/mol. The van der Waals surface area contributed by atoms with Crippen LogP contribution in [0.4, 0.5) is 0 Å². The number of carbonyl (C=O) groups excluding carboxylic acids is 1. The smallest absolute Gasteiger partial charge is 0.230 e. The van der Waals surface area contributed by atoms with Crippen LogP contribution in [0.25, 0.3) is 0 Å². The number of benzene rings is 1. The highest BCUT2D eigenvalue weighted by Gasteiger charge is 2.38. The molecule has 7 heteroatoms. The van der Waals surface area contributed by atoms with Crippen LogP contribution in [0.2, 0.25) is 0 Å². The summed E-state index contributed by atoms with van der Waals surface area (Å²) in [5.41, 5.74) is 1.04. The van der Waals surface area contributed by atoms with E-state index in [1.54, 1.807) is 14.0 Å². The molecule has 1 fully saturated rings. The highest BCUT2D eigenvalue weighted by atomic mass is 16.5. The highest BCUT2D eigenvalue weighted by Crippen LogP contribution is 2.35. The molecule has 0 aliphatic carbocycles. The highest BCUT2D eigenvalue weighted by molar-refractivity contribution is 5.80. The molecule has 2 aliphatic rings. The molecule has 2 atom stereocenters. The first kappa shape index (κ1) is 15.9. The summed E-state index contributed by atoms with van der Waals surface area (Å²) in [6, 6.07) is 5.65. The molecule has 4 rings (SSSR count). The average molecular weight is 343 g/mol. The van der Waals surface area contributed by atoms with Crippen molar-refractivity contribution >= 4 is 5.91 Å². The van der Waals surface area contributed by atoms with Crippen molar-refractivity contribution in [3.63, 3.8) is 0 Å². The molecule has 132 valence electrons. The number of rotatable bonds is 3. The average Bonchev–Trinajstić information content (AvgIpc) is 3.28. The van der Waals surface area contributed by atoms with Crippen LogP contribution in [0, 0.1) is 12.8 Å². The fourth-order valence-electron chi connectivity index (χ4n) is 3.62. The first-order chi connectivity index (χ1) is 12.2. The van der Waals surface area contributed by atoms with E-state index in [0.717, 1.165) is 36.4 Å². The normalized spacial score (nSPS) is 22.4. The van der Waals surface area contributed by atoms with Gasteiger partial charge in [0.2, 0.25) is 11.8 Å². The number of hydrogen-bond acceptors (Lipinski definition) is 6. The van der Waals surface area contributed by atoms with Gasteiger partial charge in [-0.2, -0.15) is 4.98 Å². The molecule has 1 saturated heterocycles. The van der Waals surface area contributed by atoms with Gasteiger partial charge in [-0.15, -0.1) is 0 Å². The van der Waals surface area contributed by atoms with Gasteiger partial charge >= 0.3 is 0 Å². The lowest BCUT2D eigenvalue weighted by molar-refractivity contribution is -0.138. The number of amides is 1. The first-order valence-corrected chi connectivity index (χ1v) is 8.56. The minimum Gasteiger partial charge on any atom is -0.497 e. The Bertz CT molecular complexity index is 788. The van der Waals surface area contributed by atoms with Crippen LogP contribution < -0.4 is 9.47 Å². The maximum atomic E-state index is 13.1. The van der Waals surface area contributed by atoms with Gasteiger partial charge in [0.25, 0.3) is 0 Å². The third kappa shape index (κ3) is 2.94. The molecule has 7 nitrogen and oxygen atoms in total. The van der Waals surface area contributed by atoms with E-state index < -0.39 is 0 Å². The monoisotopic (exact) mass is 343 g/mol. The number of aromatic nitrogens is 2. The van der Waals surface area contributed by atoms with E-state index in [9.17, 15) is 4.79 Å². The summed E-state index contributed by atoms with van der Waals surface area (Å²) in [5.74, 6) is 2.61. The van der Waals surface area contributed by atoms with Crippen molar-refractivity contribution in [2.24, 2.45) is 5.92 Å². The summed E-state index contributed by atoms with van der Waals surface area (Å²) >= 11 is 0. The van der Waals surface area contributed by atoms with Crippen LogP contribution in [0.15, 0.2) is 22.7 Å². The van der Waals surface area contributed by atoms with E-state index in [0.29, 0.717) is 24.7 Å². The van der Waals surface area contributed by atoms with Gasteiger partial charge < -0.3 is 18.9 Å². The van der Waals surface area contributed by atoms with Crippen LogP contribution in [-0.4, -0.2) is 41.2 Å². The molecule has 0 unspecified atom stereocenters. The van der Waals surface area contributed by atoms with Crippen molar-refractivity contribution in [1.82, 2.24) is 15.0 Å². The van der Waals surface area contributed by atoms with Crippen molar-refractivity contribution < 1.29 is 18.8 Å². The Morgan fingerprint density at radius 2 is 2.28 bits per heavy atom. The quantitative estimate of drug-likeness (QED) is 0.851. The maximum Gasteiger partial charge on any atom is 0.230 e. The number of likely N-dealkylation sites (tertiary alicyclic amines) is 1. The molecule has 0 radical (unpaired) electrons. The molecule has 25 heavy (non-hydrogen) atoms. The Hall–Kier alpha value is -2.57. The molecule has 0 bridgehead atoms. The van der Waals surface area contributed by atoms with Gasteiger partial charge in [-0.3, -0.25) is 4.79 Å². The second-order valence-electron chi connectivity index (χ2n) is 6.55. The summed E-state index contributed by atoms with van der Waals surface area (Å²) in [6.45, 7) is 2.87. The molecule has 1 amide bonds. The van der Waals surface area contributed by atoms with Gasteiger partial charge in [0.1, 0.15) is 18.1 Å². The summed E-state index contributed by atoms with van der Waals surface area (Å²) in [5, 5.41) is 4.01. The van der Waals surface area contributed by atoms with Crippen LogP contribution in [-0.2, 0) is 11.2 Å². The molecule has 1 aromatic heterocycles. The number of nitrogens with zero attached hydrogens (tertiary/aromatic N) is 3. The SMILES string of the molecule is COc1ccc2c(c1)OC[C@H](C(=O)N1CCC[C@H]1c1noc(C)n1)C2. The third-order valence-corrected chi connectivity index (χ3v) is 4.91. The topological polar surface area (TPSA) is 77.7 Å². The van der Waals surface area contributed by atoms with Crippen LogP contribution >= 0.6 is 0 Å². The Labute approximate surface area is 145 Å². The number of fused-ring (bicyclic) bond motifs is 1. The summed E-state index contributed by atoms with van der Waals surface area (Å²) < 4.78 is 16.1. The maximum absolute atomic E-state index is 13.1. The number of hydrogen-bond donors (Lipinski definition) is 0. The molecule has 2 aliphatic heterocycles. The Balaban J connectivity index is 1.51. The fourth-order valence-corrected chi connectivity index (χ4v) is 3.62. The zero-order chi connectivity index (χ0) is 17.4. The number of carbonyl (C=O) groups is 1. The standard InChI is InChI=1S/C18H21N3O4/c1-11-19-17(20-25-11)15-4-3-7-21(15)18(22)13-8-12-5-6-14(23-2)9-16(12)24-10-13/h5-6,9,13,15H,3-4,7-8,10H2,1-2H3/t13-,15+/m1/s1. The Kier molecular flexibility index (Phi) is 4.07. The van der Waals surface area contributed by atoms with E-state index in [1.807, 2.05) is 23.1 Å². The molecule has 1 aromatic carbocycles. The van der Waals surface area contributed by atoms with Gasteiger partial charge in [-0.1, -0.05) is 11.2 Å². The molecule has 3 heterocycles. The minimum absolute atomic E-state index is 0.0952. The lowest BCUT2D eigenvalue weighted by Crippen LogP contribution is -2.40. The van der Waals surface area contributed by atoms with E-state index in [2.05, 4.69) is 10.1 Å². The Morgan fingerprint density at radius 1 is 1.40 bits per heavy atom. The number of aryl methyl sites for hydroxylation is 1. The lowest BCUT2D eigenvalue weighted by Gasteiger charge is -2.30. The summed E-state index contributed by atoms with van der Waals surface area (Å²) in [4.78, 5) is 19.2. The van der Waals surface area contributed by atoms with E-state index >= 15 is 0 Å². The second-order valence-corrected chi connectivity index (χ2v) is 6.55. The summed E-state index contributed by atoms with van der Waals surface area (Å²) in [7, 11) is 1.63. The third-order valence-electron chi connectivity index (χ3n) is 4.91. The number of methoxy groups -OCH3 is 1. The van der Waals surface area contributed by atoms with Crippen LogP contribution in [0.3, 0.4) is 0 Å². The largest absolute Gasteiger partial charge is 0.497 e. The zero-order valence-corrected chi connectivity index (χ0v) is 14.4. The lowest BCUT2D eigenvalue weighted by atomic mass is 9.95. The minimum atomic E-state index is -0.186. The van der Waals surface area contributed by atoms with Gasteiger partial charge in [0.05, 0.1) is 19.1 Å². The van der Waals surface area contributed by atoms with E-state index in [1.165, 1.54) is 0 Å². The van der Waals surface area contributed by atoms with Crippen LogP contribution in [0.5, 0.6) is 11.5 Å². The zero-order valence-electron chi connectivity index (χ0n) is 14.4. The van der Waals surface area contributed by atoms with E-state index in [4.69, 9.17) is 14.0 Å². The van der Waals surface area contributed by atoms with Crippen molar-refractivity contribution in [2.75, 3.05) is 20.3 Å². The molecule has 0 N–H and O–H groups in total. The Morgan fingerprint density at radius 3 is 3.04 bits per heavy atom. The molecule has 2 aromatic rings. The van der Waals surface area contributed by atoms with E-state index in [-0.39, 0.29) is 17.9 Å². The van der Waals surface area contributed by atoms with Crippen molar-refractivity contribution in [3.8, 4) is 11.5 Å². The van der Waals surface area contributed by atoms with Crippen molar-refractivity contribution in [2.45, 2.75) is 32.2 Å². The first-order valence-electron chi connectivity index (χ1n) is 8.56. The fraction of sp³-hybridized carbons (Fsp3) is 0.500. The van der Waals surface area contributed by atoms with Gasteiger partial charge in [0.15, 0.2) is 5.82 Å². The predicted molar refractivity (Wildman–Crippen MR) is 88.4 cm³/mol. The van der Waals surface area contributed by atoms with Gasteiger partial charge in [0, 0.05) is 19.5 Å². The van der Waals surface area contributed by atoms with Crippen molar-refractivity contribution in [1.29, 1.82) is 0 Å². The summed E-state index contributed by atoms with van der Waals surface area (Å²) in [6.07, 6.45) is 2.49. The molecule has 0 saturated carbocycles. The number of ether oxygens (including phenoxy) is 2. The second kappa shape index (κ2) is 6.38. The predicted octanol–water partition coefficient (Wildman–Crippen LogP) is 2.30.